The third kappa shape index (κ3) is 4.49. The Bertz CT molecular complexity index is 1100. The van der Waals surface area contributed by atoms with Crippen molar-refractivity contribution >= 4 is 17.3 Å². The van der Waals surface area contributed by atoms with Crippen LogP contribution in [0.4, 0.5) is 23.2 Å². The molecule has 6 unspecified atom stereocenters. The molecule has 0 aromatic heterocycles. The quantitative estimate of drug-likeness (QED) is 0.474. The second-order valence-electron chi connectivity index (χ2n) is 10.4. The Morgan fingerprint density at radius 1 is 1.28 bits per heavy atom. The summed E-state index contributed by atoms with van der Waals surface area (Å²) in [6.45, 7) is 7.86. The minimum atomic E-state index is -4.23. The first-order valence-corrected chi connectivity index (χ1v) is 12.8. The lowest BCUT2D eigenvalue weighted by molar-refractivity contribution is -0.167. The number of hydrogen-bond acceptors (Lipinski definition) is 5. The van der Waals surface area contributed by atoms with Crippen LogP contribution in [-0.4, -0.2) is 66.7 Å². The second-order valence-corrected chi connectivity index (χ2v) is 10.4. The van der Waals surface area contributed by atoms with E-state index in [4.69, 9.17) is 14.5 Å². The molecule has 1 aromatic carbocycles. The zero-order valence-corrected chi connectivity index (χ0v) is 20.9. The van der Waals surface area contributed by atoms with Gasteiger partial charge < -0.3 is 9.47 Å². The van der Waals surface area contributed by atoms with Gasteiger partial charge in [-0.2, -0.15) is 13.2 Å². The van der Waals surface area contributed by atoms with E-state index < -0.39 is 30.1 Å². The molecular formula is C27H33F4N3O2. The van der Waals surface area contributed by atoms with E-state index in [2.05, 4.69) is 9.89 Å². The van der Waals surface area contributed by atoms with Gasteiger partial charge in [0.2, 0.25) is 0 Å². The van der Waals surface area contributed by atoms with Crippen LogP contribution in [0.3, 0.4) is 0 Å². The number of rotatable bonds is 5. The van der Waals surface area contributed by atoms with Crippen molar-refractivity contribution in [2.24, 2.45) is 21.8 Å². The fourth-order valence-corrected chi connectivity index (χ4v) is 6.40. The summed E-state index contributed by atoms with van der Waals surface area (Å²) in [6, 6.07) is 4.98. The number of halogens is 4. The van der Waals surface area contributed by atoms with Crippen LogP contribution in [0.1, 0.15) is 45.1 Å². The van der Waals surface area contributed by atoms with E-state index in [1.807, 2.05) is 32.9 Å². The molecule has 5 heterocycles. The Morgan fingerprint density at radius 3 is 2.81 bits per heavy atom. The van der Waals surface area contributed by atoms with Gasteiger partial charge in [0.25, 0.3) is 0 Å². The van der Waals surface area contributed by atoms with E-state index in [0.29, 0.717) is 44.2 Å². The summed E-state index contributed by atoms with van der Waals surface area (Å²) in [7, 11) is 0. The number of aliphatic imine (C=N–C) groups is 2. The van der Waals surface area contributed by atoms with Crippen LogP contribution in [0.5, 0.6) is 0 Å². The van der Waals surface area contributed by atoms with Gasteiger partial charge in [0.05, 0.1) is 42.6 Å². The first-order valence-electron chi connectivity index (χ1n) is 12.8. The maximum atomic E-state index is 14.7. The maximum absolute atomic E-state index is 14.7. The van der Waals surface area contributed by atoms with Crippen LogP contribution >= 0.6 is 0 Å². The molecule has 196 valence electrons. The third-order valence-corrected chi connectivity index (χ3v) is 8.26. The monoisotopic (exact) mass is 507 g/mol. The van der Waals surface area contributed by atoms with Crippen molar-refractivity contribution < 1.29 is 27.0 Å². The molecule has 0 spiro atoms. The normalized spacial score (nSPS) is 35.0. The molecule has 4 saturated heterocycles. The average molecular weight is 508 g/mol. The Morgan fingerprint density at radius 2 is 2.08 bits per heavy atom. The Hall–Kier alpha value is -2.26. The molecule has 4 fully saturated rings. The van der Waals surface area contributed by atoms with Gasteiger partial charge in [0.1, 0.15) is 11.9 Å². The smallest absolute Gasteiger partial charge is 0.389 e. The fraction of sp³-hybridized carbons (Fsp3) is 0.630. The minimum absolute atomic E-state index is 0.00171. The van der Waals surface area contributed by atoms with Crippen molar-refractivity contribution in [1.29, 1.82) is 0 Å². The molecule has 1 aromatic rings. The average Bonchev–Trinajstić information content (AvgIpc) is 3.03. The highest BCUT2D eigenvalue weighted by Crippen LogP contribution is 2.55. The number of hydrogen-bond donors (Lipinski definition) is 0. The molecular weight excluding hydrogens is 474 g/mol. The maximum Gasteiger partial charge on any atom is 0.389 e. The summed E-state index contributed by atoms with van der Waals surface area (Å²) in [5.74, 6) is -0.291. The van der Waals surface area contributed by atoms with Crippen LogP contribution in [0.15, 0.2) is 39.8 Å². The van der Waals surface area contributed by atoms with Gasteiger partial charge in [-0.05, 0) is 50.0 Å². The number of alkyl halides is 3. The molecule has 5 nitrogen and oxygen atoms in total. The van der Waals surface area contributed by atoms with Crippen molar-refractivity contribution in [3.63, 3.8) is 0 Å². The number of aryl methyl sites for hydroxylation is 1. The largest absolute Gasteiger partial charge is 0.475 e. The molecule has 4 bridgehead atoms. The van der Waals surface area contributed by atoms with E-state index in [-0.39, 0.29) is 30.0 Å². The van der Waals surface area contributed by atoms with Gasteiger partial charge in [-0.3, -0.25) is 9.89 Å². The molecule has 6 rings (SSSR count). The van der Waals surface area contributed by atoms with Gasteiger partial charge in [-0.25, -0.2) is 9.38 Å². The molecule has 0 aliphatic carbocycles. The second kappa shape index (κ2) is 9.56. The number of fused-ring (bicyclic) bond motifs is 2. The minimum Gasteiger partial charge on any atom is -0.475 e. The highest BCUT2D eigenvalue weighted by Gasteiger charge is 2.67. The lowest BCUT2D eigenvalue weighted by Crippen LogP contribution is -2.70. The molecule has 0 amide bonds. The van der Waals surface area contributed by atoms with E-state index >= 15 is 0 Å². The predicted molar refractivity (Wildman–Crippen MR) is 130 cm³/mol. The summed E-state index contributed by atoms with van der Waals surface area (Å²) in [5.41, 5.74) is 2.02. The predicted octanol–water partition coefficient (Wildman–Crippen LogP) is 5.79. The van der Waals surface area contributed by atoms with Crippen LogP contribution in [0.25, 0.3) is 0 Å². The first-order chi connectivity index (χ1) is 17.1. The number of ether oxygens (including phenoxy) is 2. The van der Waals surface area contributed by atoms with Crippen molar-refractivity contribution in [3.8, 4) is 0 Å². The zero-order chi connectivity index (χ0) is 25.7. The van der Waals surface area contributed by atoms with Crippen LogP contribution in [0, 0.1) is 24.6 Å². The Balaban J connectivity index is 1.44. The summed E-state index contributed by atoms with van der Waals surface area (Å²) < 4.78 is 66.9. The SMILES string of the molecule is CCC1=CCN=C(OC2CC3COCC4CN3C42CCC(F)(F)F)C(C)C1=Nc1ccc(C)cc1F. The Labute approximate surface area is 209 Å². The molecule has 5 aliphatic rings. The van der Waals surface area contributed by atoms with Crippen LogP contribution < -0.4 is 0 Å². The standard InChI is InChI=1S/C27H33F4N3O2/c1-4-18-7-10-32-25(17(3)24(18)33-22-6-5-16(2)11-21(22)28)36-23-12-20-15-35-14-19-13-34(20)26(19,23)8-9-27(29,30)31/h5-7,11,17,19-20,23H,4,8-10,12-15H2,1-3H3. The zero-order valence-electron chi connectivity index (χ0n) is 20.9. The lowest BCUT2D eigenvalue weighted by atomic mass is 9.70. The number of benzene rings is 1. The molecule has 9 heteroatoms. The van der Waals surface area contributed by atoms with E-state index in [0.717, 1.165) is 17.7 Å². The molecule has 0 saturated carbocycles. The van der Waals surface area contributed by atoms with E-state index in [1.165, 1.54) is 6.07 Å². The van der Waals surface area contributed by atoms with Crippen LogP contribution in [0.2, 0.25) is 0 Å². The lowest BCUT2D eigenvalue weighted by Gasteiger charge is -2.57. The molecule has 6 atom stereocenters. The van der Waals surface area contributed by atoms with Gasteiger partial charge in [-0.15, -0.1) is 0 Å². The van der Waals surface area contributed by atoms with Gasteiger partial charge in [-0.1, -0.05) is 19.1 Å². The van der Waals surface area contributed by atoms with E-state index in [1.54, 1.807) is 6.07 Å². The molecule has 0 N–H and O–H groups in total. The summed E-state index contributed by atoms with van der Waals surface area (Å²) >= 11 is 0. The van der Waals surface area contributed by atoms with Crippen molar-refractivity contribution in [2.75, 3.05) is 26.3 Å². The third-order valence-electron chi connectivity index (χ3n) is 8.26. The number of nitrogens with zero attached hydrogens (tertiary/aromatic N) is 3. The number of allylic oxidation sites excluding steroid dienone is 1. The highest BCUT2D eigenvalue weighted by atomic mass is 19.4. The topological polar surface area (TPSA) is 46.4 Å². The molecule has 36 heavy (non-hydrogen) atoms. The summed E-state index contributed by atoms with van der Waals surface area (Å²) in [6.07, 6.45) is -2.22. The fourth-order valence-electron chi connectivity index (χ4n) is 6.40. The van der Waals surface area contributed by atoms with Crippen molar-refractivity contribution in [1.82, 2.24) is 4.90 Å². The molecule has 0 radical (unpaired) electrons. The highest BCUT2D eigenvalue weighted by molar-refractivity contribution is 6.14. The van der Waals surface area contributed by atoms with Crippen LogP contribution in [-0.2, 0) is 9.47 Å². The van der Waals surface area contributed by atoms with Gasteiger partial charge in [0, 0.05) is 31.3 Å². The van der Waals surface area contributed by atoms with Gasteiger partial charge >= 0.3 is 6.18 Å². The van der Waals surface area contributed by atoms with Crippen molar-refractivity contribution in [2.45, 2.75) is 70.3 Å². The Kier molecular flexibility index (Phi) is 6.74. The van der Waals surface area contributed by atoms with Crippen molar-refractivity contribution in [3.05, 3.63) is 41.2 Å². The van der Waals surface area contributed by atoms with E-state index in [9.17, 15) is 17.6 Å². The first kappa shape index (κ1) is 25.4. The van der Waals surface area contributed by atoms with Gasteiger partial charge in [0.15, 0.2) is 5.90 Å². The summed E-state index contributed by atoms with van der Waals surface area (Å²) in [5, 5.41) is 0. The molecule has 5 aliphatic heterocycles. The summed E-state index contributed by atoms with van der Waals surface area (Å²) in [4.78, 5) is 11.6.